The van der Waals surface area contributed by atoms with Crippen LogP contribution >= 0.6 is 0 Å². The second kappa shape index (κ2) is 7.79. The van der Waals surface area contributed by atoms with E-state index in [0.717, 1.165) is 24.2 Å². The van der Waals surface area contributed by atoms with Crippen LogP contribution < -0.4 is 10.1 Å². The lowest BCUT2D eigenvalue weighted by molar-refractivity contribution is 0.00942. The highest BCUT2D eigenvalue weighted by atomic mass is 16.5. The Labute approximate surface area is 164 Å². The van der Waals surface area contributed by atoms with Crippen LogP contribution in [0.15, 0.2) is 28.8 Å². The van der Waals surface area contributed by atoms with Gasteiger partial charge in [0.15, 0.2) is 5.82 Å². The van der Waals surface area contributed by atoms with Gasteiger partial charge in [0, 0.05) is 38.3 Å². The summed E-state index contributed by atoms with van der Waals surface area (Å²) in [5.41, 5.74) is 0.965. The van der Waals surface area contributed by atoms with E-state index in [1.165, 1.54) is 0 Å². The van der Waals surface area contributed by atoms with E-state index in [1.807, 2.05) is 36.1 Å². The van der Waals surface area contributed by atoms with Crippen LogP contribution in [-0.2, 0) is 11.3 Å². The van der Waals surface area contributed by atoms with Crippen LogP contribution in [0.5, 0.6) is 5.75 Å². The molecule has 2 aromatic rings. The minimum atomic E-state index is -0.0691. The molecule has 1 N–H and O–H groups in total. The normalized spacial score (nSPS) is 21.1. The number of likely N-dealkylation sites (tertiary alicyclic amines) is 1. The van der Waals surface area contributed by atoms with E-state index in [2.05, 4.69) is 15.5 Å². The third kappa shape index (κ3) is 3.69. The topological polar surface area (TPSA) is 89.7 Å². The van der Waals surface area contributed by atoms with Gasteiger partial charge < -0.3 is 24.2 Å². The van der Waals surface area contributed by atoms with Gasteiger partial charge in [-0.2, -0.15) is 4.98 Å². The summed E-state index contributed by atoms with van der Waals surface area (Å²) in [6, 6.07) is 7.62. The quantitative estimate of drug-likeness (QED) is 0.868. The van der Waals surface area contributed by atoms with Crippen LogP contribution in [0.4, 0.5) is 4.79 Å². The van der Waals surface area contributed by atoms with Crippen LogP contribution in [0.3, 0.4) is 0 Å². The van der Waals surface area contributed by atoms with Gasteiger partial charge in [0.25, 0.3) is 0 Å². The van der Waals surface area contributed by atoms with E-state index in [-0.39, 0.29) is 17.4 Å². The summed E-state index contributed by atoms with van der Waals surface area (Å²) in [6.07, 6.45) is 1.78. The number of aromatic nitrogens is 2. The number of carbonyl (C=O) groups is 1. The van der Waals surface area contributed by atoms with Crippen molar-refractivity contribution in [2.24, 2.45) is 5.41 Å². The molecule has 28 heavy (non-hydrogen) atoms. The summed E-state index contributed by atoms with van der Waals surface area (Å²) in [5, 5.41) is 6.98. The molecule has 0 aliphatic carbocycles. The van der Waals surface area contributed by atoms with Crippen LogP contribution in [0.1, 0.15) is 36.0 Å². The number of nitrogens with zero attached hydrogens (tertiary/aromatic N) is 3. The molecule has 2 aliphatic rings. The highest BCUT2D eigenvalue weighted by Gasteiger charge is 2.51. The van der Waals surface area contributed by atoms with E-state index < -0.39 is 0 Å². The lowest BCUT2D eigenvalue weighted by Crippen LogP contribution is -2.41. The van der Waals surface area contributed by atoms with Gasteiger partial charge in [0.2, 0.25) is 5.89 Å². The van der Waals surface area contributed by atoms with Crippen molar-refractivity contribution in [3.63, 3.8) is 0 Å². The molecule has 2 aliphatic heterocycles. The fraction of sp³-hybridized carbons (Fsp3) is 0.550. The first-order valence-electron chi connectivity index (χ1n) is 9.63. The summed E-state index contributed by atoms with van der Waals surface area (Å²) < 4.78 is 16.2. The maximum Gasteiger partial charge on any atom is 0.317 e. The Balaban J connectivity index is 1.44. The molecule has 0 bridgehead atoms. The molecule has 4 rings (SSSR count). The van der Waals surface area contributed by atoms with Gasteiger partial charge in [-0.15, -0.1) is 0 Å². The van der Waals surface area contributed by atoms with Gasteiger partial charge in [0.1, 0.15) is 5.75 Å². The summed E-state index contributed by atoms with van der Waals surface area (Å²) in [6.45, 7) is 4.94. The summed E-state index contributed by atoms with van der Waals surface area (Å²) in [7, 11) is 1.64. The molecule has 3 heterocycles. The number of nitrogens with one attached hydrogen (secondary N) is 1. The van der Waals surface area contributed by atoms with Gasteiger partial charge in [-0.1, -0.05) is 17.3 Å². The summed E-state index contributed by atoms with van der Waals surface area (Å²) in [4.78, 5) is 19.2. The van der Waals surface area contributed by atoms with Crippen LogP contribution in [0.25, 0.3) is 0 Å². The fourth-order valence-corrected chi connectivity index (χ4v) is 4.24. The molecule has 1 atom stereocenters. The minimum Gasteiger partial charge on any atom is -0.497 e. The van der Waals surface area contributed by atoms with Crippen molar-refractivity contribution in [2.75, 3.05) is 33.4 Å². The largest absolute Gasteiger partial charge is 0.497 e. The van der Waals surface area contributed by atoms with Crippen molar-refractivity contribution in [3.05, 3.63) is 41.5 Å². The number of amides is 2. The molecule has 2 amide bonds. The molecule has 1 aromatic carbocycles. The molecule has 8 nitrogen and oxygen atoms in total. The zero-order chi connectivity index (χ0) is 19.6. The predicted molar refractivity (Wildman–Crippen MR) is 101 cm³/mol. The highest BCUT2D eigenvalue weighted by molar-refractivity contribution is 5.74. The maximum absolute atomic E-state index is 12.8. The fourth-order valence-electron chi connectivity index (χ4n) is 4.24. The molecular formula is C20H26N4O4. The number of rotatable bonds is 4. The molecule has 0 radical (unpaired) electrons. The number of aryl methyl sites for hydroxylation is 1. The SMILES string of the molecule is COc1ccc(CNC(=O)N2C[C@H](c3nc(C)no3)C3(CCOCC3)C2)cc1. The molecule has 0 unspecified atom stereocenters. The monoisotopic (exact) mass is 386 g/mol. The molecule has 0 saturated carbocycles. The first-order chi connectivity index (χ1) is 13.6. The Bertz CT molecular complexity index is 814. The molecule has 2 saturated heterocycles. The molecular weight excluding hydrogens is 360 g/mol. The average molecular weight is 386 g/mol. The van der Waals surface area contributed by atoms with Gasteiger partial charge in [0.05, 0.1) is 13.0 Å². The van der Waals surface area contributed by atoms with Crippen molar-refractivity contribution >= 4 is 6.03 Å². The number of hydrogen-bond donors (Lipinski definition) is 1. The lowest BCUT2D eigenvalue weighted by atomic mass is 9.72. The maximum atomic E-state index is 12.8. The zero-order valence-corrected chi connectivity index (χ0v) is 16.3. The van der Waals surface area contributed by atoms with Gasteiger partial charge >= 0.3 is 6.03 Å². The Morgan fingerprint density at radius 3 is 2.71 bits per heavy atom. The van der Waals surface area contributed by atoms with E-state index in [4.69, 9.17) is 14.0 Å². The Morgan fingerprint density at radius 2 is 2.07 bits per heavy atom. The number of benzene rings is 1. The molecule has 1 aromatic heterocycles. The number of urea groups is 1. The first kappa shape index (κ1) is 18.7. The predicted octanol–water partition coefficient (Wildman–Crippen LogP) is 2.49. The summed E-state index contributed by atoms with van der Waals surface area (Å²) in [5.74, 6) is 2.10. The van der Waals surface area contributed by atoms with Gasteiger partial charge in [-0.25, -0.2) is 4.79 Å². The minimum absolute atomic E-state index is 0.0457. The van der Waals surface area contributed by atoms with Crippen molar-refractivity contribution < 1.29 is 18.8 Å². The van der Waals surface area contributed by atoms with E-state index in [9.17, 15) is 4.79 Å². The lowest BCUT2D eigenvalue weighted by Gasteiger charge is -2.36. The third-order valence-electron chi connectivity index (χ3n) is 5.87. The average Bonchev–Trinajstić information content (AvgIpc) is 3.31. The van der Waals surface area contributed by atoms with E-state index in [0.29, 0.717) is 44.6 Å². The van der Waals surface area contributed by atoms with Crippen LogP contribution in [0, 0.1) is 12.3 Å². The number of ether oxygens (including phenoxy) is 2. The zero-order valence-electron chi connectivity index (χ0n) is 16.3. The Kier molecular flexibility index (Phi) is 5.21. The number of methoxy groups -OCH3 is 1. The van der Waals surface area contributed by atoms with Gasteiger partial charge in [-0.3, -0.25) is 0 Å². The molecule has 8 heteroatoms. The summed E-state index contributed by atoms with van der Waals surface area (Å²) >= 11 is 0. The van der Waals surface area contributed by atoms with Crippen molar-refractivity contribution in [3.8, 4) is 5.75 Å². The standard InChI is InChI=1S/C20H26N4O4/c1-14-22-18(28-23-14)17-12-24(13-20(17)7-9-27-10-8-20)19(25)21-11-15-3-5-16(26-2)6-4-15/h3-6,17H,7-13H2,1-2H3,(H,21,25)/t17-/m1/s1. The second-order valence-corrected chi connectivity index (χ2v) is 7.59. The smallest absolute Gasteiger partial charge is 0.317 e. The third-order valence-corrected chi connectivity index (χ3v) is 5.87. The Hall–Kier alpha value is -2.61. The van der Waals surface area contributed by atoms with Crippen molar-refractivity contribution in [1.29, 1.82) is 0 Å². The van der Waals surface area contributed by atoms with Crippen LogP contribution in [0.2, 0.25) is 0 Å². The van der Waals surface area contributed by atoms with Crippen LogP contribution in [-0.4, -0.2) is 54.5 Å². The number of carbonyl (C=O) groups excluding carboxylic acids is 1. The van der Waals surface area contributed by atoms with E-state index >= 15 is 0 Å². The van der Waals surface area contributed by atoms with Crippen molar-refractivity contribution in [1.82, 2.24) is 20.4 Å². The Morgan fingerprint density at radius 1 is 1.32 bits per heavy atom. The molecule has 1 spiro atoms. The first-order valence-corrected chi connectivity index (χ1v) is 9.63. The highest BCUT2D eigenvalue weighted by Crippen LogP contribution is 2.49. The van der Waals surface area contributed by atoms with E-state index in [1.54, 1.807) is 7.11 Å². The molecule has 2 fully saturated rings. The molecule has 150 valence electrons. The van der Waals surface area contributed by atoms with Gasteiger partial charge in [-0.05, 0) is 37.5 Å². The second-order valence-electron chi connectivity index (χ2n) is 7.59. The number of hydrogen-bond acceptors (Lipinski definition) is 6. The van der Waals surface area contributed by atoms with Crippen molar-refractivity contribution in [2.45, 2.75) is 32.2 Å².